The van der Waals surface area contributed by atoms with Crippen molar-refractivity contribution < 1.29 is 0 Å². The third-order valence-electron chi connectivity index (χ3n) is 2.56. The fourth-order valence-corrected chi connectivity index (χ4v) is 1.67. The van der Waals surface area contributed by atoms with Crippen LogP contribution in [0.2, 0.25) is 0 Å². The van der Waals surface area contributed by atoms with Gasteiger partial charge in [-0.05, 0) is 37.4 Å². The van der Waals surface area contributed by atoms with Gasteiger partial charge in [0, 0.05) is 6.04 Å². The Balaban J connectivity index is 2.51. The van der Waals surface area contributed by atoms with Crippen LogP contribution in [0.15, 0.2) is 24.3 Å². The van der Waals surface area contributed by atoms with E-state index in [9.17, 15) is 0 Å². The molecule has 4 N–H and O–H groups in total. The maximum atomic E-state index is 6.10. The van der Waals surface area contributed by atoms with E-state index in [0.29, 0.717) is 0 Å². The van der Waals surface area contributed by atoms with Crippen LogP contribution in [0.25, 0.3) is 0 Å². The highest BCUT2D eigenvalue weighted by molar-refractivity contribution is 5.28. The molecule has 0 spiro atoms. The molecule has 0 radical (unpaired) electrons. The van der Waals surface area contributed by atoms with Crippen LogP contribution in [0.4, 0.5) is 0 Å². The van der Waals surface area contributed by atoms with Crippen LogP contribution >= 0.6 is 0 Å². The topological polar surface area (TPSA) is 52.0 Å². The zero-order valence-corrected chi connectivity index (χ0v) is 8.87. The molecule has 0 saturated heterocycles. The van der Waals surface area contributed by atoms with Crippen molar-refractivity contribution in [2.75, 3.05) is 6.54 Å². The minimum atomic E-state index is 0.169. The molecule has 2 nitrogen and oxygen atoms in total. The van der Waals surface area contributed by atoms with E-state index in [0.717, 1.165) is 25.8 Å². The molecule has 0 fully saturated rings. The van der Waals surface area contributed by atoms with Crippen molar-refractivity contribution in [1.82, 2.24) is 0 Å². The van der Waals surface area contributed by atoms with Crippen molar-refractivity contribution in [2.24, 2.45) is 11.5 Å². The first-order valence-corrected chi connectivity index (χ1v) is 5.27. The van der Waals surface area contributed by atoms with Crippen molar-refractivity contribution in [3.05, 3.63) is 35.4 Å². The summed E-state index contributed by atoms with van der Waals surface area (Å²) in [4.78, 5) is 0. The number of rotatable bonds is 5. The summed E-state index contributed by atoms with van der Waals surface area (Å²) in [6, 6.07) is 8.49. The molecule has 1 aromatic carbocycles. The van der Waals surface area contributed by atoms with Gasteiger partial charge in [-0.1, -0.05) is 30.7 Å². The maximum Gasteiger partial charge on any atom is 0.0297 e. The van der Waals surface area contributed by atoms with Crippen LogP contribution in [0, 0.1) is 6.92 Å². The minimum Gasteiger partial charge on any atom is -0.330 e. The molecule has 0 bridgehead atoms. The van der Waals surface area contributed by atoms with E-state index >= 15 is 0 Å². The zero-order chi connectivity index (χ0) is 10.4. The second-order valence-electron chi connectivity index (χ2n) is 3.75. The first-order valence-electron chi connectivity index (χ1n) is 5.27. The Morgan fingerprint density at radius 1 is 1.21 bits per heavy atom. The second-order valence-corrected chi connectivity index (χ2v) is 3.75. The fraction of sp³-hybridized carbons (Fsp3) is 0.500. The van der Waals surface area contributed by atoms with Crippen LogP contribution in [0.3, 0.4) is 0 Å². The molecule has 1 aromatic rings. The van der Waals surface area contributed by atoms with Crippen molar-refractivity contribution in [3.8, 4) is 0 Å². The van der Waals surface area contributed by atoms with Gasteiger partial charge in [-0.15, -0.1) is 0 Å². The van der Waals surface area contributed by atoms with E-state index in [2.05, 4.69) is 19.1 Å². The van der Waals surface area contributed by atoms with Gasteiger partial charge in [0.15, 0.2) is 0 Å². The molecule has 0 unspecified atom stereocenters. The highest BCUT2D eigenvalue weighted by atomic mass is 14.6. The minimum absolute atomic E-state index is 0.169. The second kappa shape index (κ2) is 5.78. The quantitative estimate of drug-likeness (QED) is 0.702. The Morgan fingerprint density at radius 2 is 1.93 bits per heavy atom. The summed E-state index contributed by atoms with van der Waals surface area (Å²) >= 11 is 0. The first kappa shape index (κ1) is 11.2. The van der Waals surface area contributed by atoms with E-state index in [1.807, 2.05) is 12.1 Å². The Bertz CT molecular complexity index is 271. The van der Waals surface area contributed by atoms with Crippen LogP contribution in [-0.4, -0.2) is 6.54 Å². The molecular formula is C12H20N2. The lowest BCUT2D eigenvalue weighted by Gasteiger charge is -2.14. The molecule has 0 heterocycles. The molecule has 0 aliphatic carbocycles. The molecule has 0 aromatic heterocycles. The highest BCUT2D eigenvalue weighted by Crippen LogP contribution is 2.19. The Morgan fingerprint density at radius 3 is 2.57 bits per heavy atom. The number of hydrogen-bond donors (Lipinski definition) is 2. The van der Waals surface area contributed by atoms with Crippen molar-refractivity contribution in [1.29, 1.82) is 0 Å². The van der Waals surface area contributed by atoms with Crippen LogP contribution in [0.1, 0.15) is 36.4 Å². The lowest BCUT2D eigenvalue weighted by molar-refractivity contribution is 0.589. The van der Waals surface area contributed by atoms with Crippen molar-refractivity contribution in [2.45, 2.75) is 32.2 Å². The number of aryl methyl sites for hydroxylation is 1. The average molecular weight is 192 g/mol. The Hall–Kier alpha value is -0.860. The van der Waals surface area contributed by atoms with Gasteiger partial charge in [0.25, 0.3) is 0 Å². The summed E-state index contributed by atoms with van der Waals surface area (Å²) in [5, 5.41) is 0. The standard InChI is InChI=1S/C12H20N2/c1-10-6-2-3-7-11(10)12(14)8-4-5-9-13/h2-3,6-7,12H,4-5,8-9,13-14H2,1H3/t12-/m1/s1. The van der Waals surface area contributed by atoms with E-state index in [-0.39, 0.29) is 6.04 Å². The van der Waals surface area contributed by atoms with Crippen LogP contribution < -0.4 is 11.5 Å². The van der Waals surface area contributed by atoms with Gasteiger partial charge in [-0.25, -0.2) is 0 Å². The lowest BCUT2D eigenvalue weighted by atomic mass is 9.98. The number of benzene rings is 1. The predicted molar refractivity (Wildman–Crippen MR) is 61.0 cm³/mol. The molecule has 0 saturated carbocycles. The third-order valence-corrected chi connectivity index (χ3v) is 2.56. The molecular weight excluding hydrogens is 172 g/mol. The van der Waals surface area contributed by atoms with Gasteiger partial charge >= 0.3 is 0 Å². The Kier molecular flexibility index (Phi) is 4.63. The van der Waals surface area contributed by atoms with Gasteiger partial charge in [0.1, 0.15) is 0 Å². The first-order chi connectivity index (χ1) is 6.75. The van der Waals surface area contributed by atoms with E-state index in [1.54, 1.807) is 0 Å². The molecule has 0 aliphatic heterocycles. The lowest BCUT2D eigenvalue weighted by Crippen LogP contribution is -2.12. The highest BCUT2D eigenvalue weighted by Gasteiger charge is 2.06. The van der Waals surface area contributed by atoms with Crippen LogP contribution in [-0.2, 0) is 0 Å². The van der Waals surface area contributed by atoms with Gasteiger partial charge in [0.05, 0.1) is 0 Å². The molecule has 14 heavy (non-hydrogen) atoms. The summed E-state index contributed by atoms with van der Waals surface area (Å²) in [6.45, 7) is 2.87. The Labute approximate surface area is 86.3 Å². The molecule has 2 heteroatoms. The summed E-state index contributed by atoms with van der Waals surface area (Å²) in [7, 11) is 0. The normalized spacial score (nSPS) is 12.8. The number of hydrogen-bond acceptors (Lipinski definition) is 2. The largest absolute Gasteiger partial charge is 0.330 e. The summed E-state index contributed by atoms with van der Waals surface area (Å²) in [5.41, 5.74) is 14.1. The van der Waals surface area contributed by atoms with Crippen LogP contribution in [0.5, 0.6) is 0 Å². The zero-order valence-electron chi connectivity index (χ0n) is 8.87. The number of nitrogens with two attached hydrogens (primary N) is 2. The molecule has 1 atom stereocenters. The molecule has 0 amide bonds. The average Bonchev–Trinajstić information content (AvgIpc) is 2.18. The summed E-state index contributed by atoms with van der Waals surface area (Å²) in [5.74, 6) is 0. The van der Waals surface area contributed by atoms with Gasteiger partial charge in [-0.2, -0.15) is 0 Å². The van der Waals surface area contributed by atoms with Gasteiger partial charge in [-0.3, -0.25) is 0 Å². The van der Waals surface area contributed by atoms with Gasteiger partial charge < -0.3 is 11.5 Å². The smallest absolute Gasteiger partial charge is 0.0297 e. The van der Waals surface area contributed by atoms with Gasteiger partial charge in [0.2, 0.25) is 0 Å². The monoisotopic (exact) mass is 192 g/mol. The third kappa shape index (κ3) is 3.13. The van der Waals surface area contributed by atoms with E-state index in [4.69, 9.17) is 11.5 Å². The molecule has 1 rings (SSSR count). The molecule has 0 aliphatic rings. The SMILES string of the molecule is Cc1ccccc1[C@H](N)CCCCN. The van der Waals surface area contributed by atoms with Crippen molar-refractivity contribution in [3.63, 3.8) is 0 Å². The number of unbranched alkanes of at least 4 members (excludes halogenated alkanes) is 1. The van der Waals surface area contributed by atoms with E-state index < -0.39 is 0 Å². The van der Waals surface area contributed by atoms with E-state index in [1.165, 1.54) is 11.1 Å². The molecule has 78 valence electrons. The summed E-state index contributed by atoms with van der Waals surface area (Å²) < 4.78 is 0. The fourth-order valence-electron chi connectivity index (χ4n) is 1.67. The summed E-state index contributed by atoms with van der Waals surface area (Å²) in [6.07, 6.45) is 3.22. The van der Waals surface area contributed by atoms with Crippen molar-refractivity contribution >= 4 is 0 Å². The predicted octanol–water partition coefficient (Wildman–Crippen LogP) is 2.12. The maximum absolute atomic E-state index is 6.10.